The molecular weight excluding hydrogens is 545 g/mol. The largest absolute Gasteiger partial charge is 0.435 e. The van der Waals surface area contributed by atoms with Crippen LogP contribution in [0.1, 0.15) is 37.4 Å². The first-order chi connectivity index (χ1) is 18.5. The van der Waals surface area contributed by atoms with Crippen LogP contribution in [0.3, 0.4) is 0 Å². The van der Waals surface area contributed by atoms with E-state index in [0.29, 0.717) is 17.7 Å². The summed E-state index contributed by atoms with van der Waals surface area (Å²) in [5, 5.41) is 9.51. The van der Waals surface area contributed by atoms with Crippen molar-refractivity contribution in [1.29, 1.82) is 0 Å². The molecule has 3 rings (SSSR count). The van der Waals surface area contributed by atoms with Crippen LogP contribution in [0.5, 0.6) is 0 Å². The molecule has 40 heavy (non-hydrogen) atoms. The fourth-order valence-electron chi connectivity index (χ4n) is 4.46. The number of aliphatic hydroxyl groups is 1. The number of amides is 2. The molecule has 0 aliphatic carbocycles. The van der Waals surface area contributed by atoms with Crippen molar-refractivity contribution >= 4 is 23.2 Å². The third kappa shape index (κ3) is 5.67. The number of carbonyl (C=O) groups excluding carboxylic acids is 2. The molecule has 214 valence electrons. The smallest absolute Gasteiger partial charge is 0.395 e. The lowest BCUT2D eigenvalue weighted by Gasteiger charge is -2.32. The number of anilines is 2. The molecule has 3 aromatic carbocycles. The van der Waals surface area contributed by atoms with Crippen LogP contribution in [0, 0.1) is 13.8 Å². The first kappa shape index (κ1) is 30.6. The van der Waals surface area contributed by atoms with Gasteiger partial charge in [-0.05, 0) is 55.3 Å². The molecule has 0 fully saturated rings. The van der Waals surface area contributed by atoms with Crippen LogP contribution in [0.15, 0.2) is 66.7 Å². The van der Waals surface area contributed by atoms with Gasteiger partial charge in [-0.3, -0.25) is 9.59 Å². The maximum atomic E-state index is 14.6. The van der Waals surface area contributed by atoms with Crippen molar-refractivity contribution in [1.82, 2.24) is 0 Å². The molecule has 0 saturated heterocycles. The lowest BCUT2D eigenvalue weighted by Crippen LogP contribution is -2.50. The highest BCUT2D eigenvalue weighted by atomic mass is 19.4. The van der Waals surface area contributed by atoms with Crippen LogP contribution in [0.4, 0.5) is 42.1 Å². The van der Waals surface area contributed by atoms with Gasteiger partial charge in [-0.1, -0.05) is 36.4 Å². The van der Waals surface area contributed by atoms with E-state index in [1.807, 2.05) is 0 Å². The lowest BCUT2D eigenvalue weighted by molar-refractivity contribution is -0.348. The Labute approximate surface area is 225 Å². The zero-order valence-electron chi connectivity index (χ0n) is 21.6. The molecule has 0 unspecified atom stereocenters. The highest BCUT2D eigenvalue weighted by molar-refractivity contribution is 6.09. The predicted octanol–water partition coefficient (Wildman–Crippen LogP) is 6.51. The van der Waals surface area contributed by atoms with Crippen molar-refractivity contribution in [2.45, 2.75) is 31.9 Å². The summed E-state index contributed by atoms with van der Waals surface area (Å²) < 4.78 is 94.3. The number of halogens is 7. The molecule has 0 spiro atoms. The number of aliphatic hydroxyl groups excluding tert-OH is 1. The Bertz CT molecular complexity index is 1350. The summed E-state index contributed by atoms with van der Waals surface area (Å²) in [6.45, 7) is 1.86. The van der Waals surface area contributed by atoms with Crippen molar-refractivity contribution in [3.05, 3.63) is 94.5 Å². The molecule has 2 amide bonds. The van der Waals surface area contributed by atoms with Crippen molar-refractivity contribution in [3.63, 3.8) is 0 Å². The Morgan fingerprint density at radius 1 is 0.750 bits per heavy atom. The van der Waals surface area contributed by atoms with Gasteiger partial charge in [0.1, 0.15) is 0 Å². The highest BCUT2D eigenvalue weighted by Gasteiger charge is 2.73. The van der Waals surface area contributed by atoms with Crippen molar-refractivity contribution < 1.29 is 45.4 Å². The van der Waals surface area contributed by atoms with Gasteiger partial charge < -0.3 is 14.9 Å². The third-order valence-electron chi connectivity index (χ3n) is 6.30. The van der Waals surface area contributed by atoms with Gasteiger partial charge in [-0.15, -0.1) is 0 Å². The van der Waals surface area contributed by atoms with Gasteiger partial charge in [0.2, 0.25) is 0 Å². The Hall–Kier alpha value is -3.93. The quantitative estimate of drug-likeness (QED) is 0.330. The van der Waals surface area contributed by atoms with Crippen LogP contribution in [-0.4, -0.2) is 49.5 Å². The number of hydrogen-bond acceptors (Lipinski definition) is 3. The minimum Gasteiger partial charge on any atom is -0.395 e. The maximum absolute atomic E-state index is 14.6. The average Bonchev–Trinajstić information content (AvgIpc) is 2.89. The Morgan fingerprint density at radius 3 is 1.77 bits per heavy atom. The second-order valence-corrected chi connectivity index (χ2v) is 9.07. The standard InChI is InChI=1S/C28H25F7N2O3/c1-17-14-21(26(29,27(30,31)32)28(33,34)35)15-18(2)23(17)36(3)24(39)20-10-7-11-22(16-20)37(12-13-38)25(40)19-8-5-4-6-9-19/h4-11,14-16,38H,12-13H2,1-3H3. The van der Waals surface area contributed by atoms with Crippen LogP contribution in [-0.2, 0) is 5.67 Å². The van der Waals surface area contributed by atoms with Gasteiger partial charge in [-0.25, -0.2) is 4.39 Å². The van der Waals surface area contributed by atoms with Crippen LogP contribution in [0.25, 0.3) is 0 Å². The molecule has 0 aromatic heterocycles. The molecule has 0 aliphatic heterocycles. The number of rotatable bonds is 7. The van der Waals surface area contributed by atoms with Gasteiger partial charge in [0.05, 0.1) is 6.61 Å². The highest BCUT2D eigenvalue weighted by Crippen LogP contribution is 2.54. The number of carbonyl (C=O) groups is 2. The molecule has 0 radical (unpaired) electrons. The first-order valence-electron chi connectivity index (χ1n) is 11.8. The topological polar surface area (TPSA) is 60.9 Å². The van der Waals surface area contributed by atoms with E-state index in [0.717, 1.165) is 4.90 Å². The van der Waals surface area contributed by atoms with E-state index >= 15 is 0 Å². The first-order valence-corrected chi connectivity index (χ1v) is 11.8. The van der Waals surface area contributed by atoms with Gasteiger partial charge in [0.15, 0.2) is 0 Å². The SMILES string of the molecule is Cc1cc(C(F)(C(F)(F)F)C(F)(F)F)cc(C)c1N(C)C(=O)c1cccc(N(CCO)C(=O)c2ccccc2)c1. The van der Waals surface area contributed by atoms with Crippen molar-refractivity contribution in [2.75, 3.05) is 30.0 Å². The van der Waals surface area contributed by atoms with E-state index in [-0.39, 0.29) is 41.2 Å². The lowest BCUT2D eigenvalue weighted by atomic mass is 9.90. The fraction of sp³-hybridized carbons (Fsp3) is 0.286. The molecule has 1 N–H and O–H groups in total. The maximum Gasteiger partial charge on any atom is 0.435 e. The zero-order chi connectivity index (χ0) is 30.0. The minimum absolute atomic E-state index is 0.0153. The Balaban J connectivity index is 2.00. The summed E-state index contributed by atoms with van der Waals surface area (Å²) in [5.74, 6) is -1.14. The summed E-state index contributed by atoms with van der Waals surface area (Å²) in [6.07, 6.45) is -12.5. The second-order valence-electron chi connectivity index (χ2n) is 9.07. The molecule has 5 nitrogen and oxygen atoms in total. The van der Waals surface area contributed by atoms with Crippen LogP contribution in [0.2, 0.25) is 0 Å². The van der Waals surface area contributed by atoms with Gasteiger partial charge >= 0.3 is 18.0 Å². The molecule has 12 heteroatoms. The Kier molecular flexibility index (Phi) is 8.63. The zero-order valence-corrected chi connectivity index (χ0v) is 21.6. The van der Waals surface area contributed by atoms with E-state index in [4.69, 9.17) is 0 Å². The van der Waals surface area contributed by atoms with E-state index in [2.05, 4.69) is 0 Å². The molecule has 3 aromatic rings. The molecule has 0 bridgehead atoms. The summed E-state index contributed by atoms with van der Waals surface area (Å²) in [4.78, 5) is 28.7. The Morgan fingerprint density at radius 2 is 1.27 bits per heavy atom. The molecule has 0 aliphatic rings. The van der Waals surface area contributed by atoms with Crippen LogP contribution >= 0.6 is 0 Å². The van der Waals surface area contributed by atoms with Gasteiger partial charge in [0, 0.05) is 41.7 Å². The minimum atomic E-state index is -6.27. The molecule has 0 atom stereocenters. The van der Waals surface area contributed by atoms with Gasteiger partial charge in [0.25, 0.3) is 11.8 Å². The predicted molar refractivity (Wildman–Crippen MR) is 135 cm³/mol. The fourth-order valence-corrected chi connectivity index (χ4v) is 4.46. The molecule has 0 saturated carbocycles. The summed E-state index contributed by atoms with van der Waals surface area (Å²) in [5.41, 5.74) is -7.02. The third-order valence-corrected chi connectivity index (χ3v) is 6.30. The number of alkyl halides is 7. The number of benzene rings is 3. The van der Waals surface area contributed by atoms with Crippen molar-refractivity contribution in [3.8, 4) is 0 Å². The van der Waals surface area contributed by atoms with Crippen molar-refractivity contribution in [2.24, 2.45) is 0 Å². The summed E-state index contributed by atoms with van der Waals surface area (Å²) in [6, 6.07) is 14.8. The van der Waals surface area contributed by atoms with E-state index in [1.165, 1.54) is 50.1 Å². The number of nitrogens with zero attached hydrogens (tertiary/aromatic N) is 2. The average molecular weight is 571 g/mol. The molecular formula is C28H25F7N2O3. The summed E-state index contributed by atoms with van der Waals surface area (Å²) >= 11 is 0. The monoisotopic (exact) mass is 570 g/mol. The number of hydrogen-bond donors (Lipinski definition) is 1. The normalized spacial score (nSPS) is 12.3. The van der Waals surface area contributed by atoms with Crippen LogP contribution < -0.4 is 9.80 Å². The van der Waals surface area contributed by atoms with Gasteiger partial charge in [-0.2, -0.15) is 26.3 Å². The summed E-state index contributed by atoms with van der Waals surface area (Å²) in [7, 11) is 1.26. The number of aryl methyl sites for hydroxylation is 2. The van der Waals surface area contributed by atoms with E-state index in [9.17, 15) is 45.4 Å². The second kappa shape index (κ2) is 11.3. The van der Waals surface area contributed by atoms with E-state index < -0.39 is 35.4 Å². The van der Waals surface area contributed by atoms with E-state index in [1.54, 1.807) is 30.3 Å². The molecule has 0 heterocycles.